The van der Waals surface area contributed by atoms with Crippen molar-refractivity contribution in [1.29, 1.82) is 0 Å². The standard InChI is InChI=1S/C27H22N3/c1-18-14-21-16-27-28-23-10-6-7-11-24(23)30(27)25(21)17-22(18)26-15-20(12-13-29(26)2)19-8-4-3-5-9-19/h3-15,17H,16H2,1-2H3/q+1. The predicted octanol–water partition coefficient (Wildman–Crippen LogP) is 5.40. The maximum Gasteiger partial charge on any atom is 0.213 e. The molecular formula is C27H22N3+. The van der Waals surface area contributed by atoms with Crippen molar-refractivity contribution in [1.82, 2.24) is 9.55 Å². The van der Waals surface area contributed by atoms with Crippen molar-refractivity contribution >= 4 is 11.0 Å². The first-order chi connectivity index (χ1) is 14.7. The summed E-state index contributed by atoms with van der Waals surface area (Å²) < 4.78 is 4.54. The Labute approximate surface area is 175 Å². The van der Waals surface area contributed by atoms with E-state index < -0.39 is 0 Å². The number of aryl methyl sites for hydroxylation is 2. The quantitative estimate of drug-likeness (QED) is 0.364. The van der Waals surface area contributed by atoms with Gasteiger partial charge in [-0.3, -0.25) is 4.57 Å². The van der Waals surface area contributed by atoms with Crippen LogP contribution in [0.15, 0.2) is 85.1 Å². The lowest BCUT2D eigenvalue weighted by molar-refractivity contribution is -0.660. The summed E-state index contributed by atoms with van der Waals surface area (Å²) in [5, 5.41) is 0. The highest BCUT2D eigenvalue weighted by Crippen LogP contribution is 2.36. The third kappa shape index (κ3) is 2.52. The minimum absolute atomic E-state index is 0.890. The van der Waals surface area contributed by atoms with E-state index in [4.69, 9.17) is 4.98 Å². The molecule has 0 N–H and O–H groups in total. The summed E-state index contributed by atoms with van der Waals surface area (Å²) in [5.74, 6) is 1.13. The number of fused-ring (bicyclic) bond motifs is 5. The van der Waals surface area contributed by atoms with Crippen molar-refractivity contribution in [3.8, 4) is 28.1 Å². The maximum atomic E-state index is 4.87. The number of hydrogen-bond donors (Lipinski definition) is 0. The Balaban J connectivity index is 1.55. The van der Waals surface area contributed by atoms with Gasteiger partial charge >= 0.3 is 0 Å². The first kappa shape index (κ1) is 17.2. The lowest BCUT2D eigenvalue weighted by Gasteiger charge is -2.11. The lowest BCUT2D eigenvalue weighted by atomic mass is 9.97. The number of rotatable bonds is 2. The van der Waals surface area contributed by atoms with E-state index in [9.17, 15) is 0 Å². The fourth-order valence-corrected chi connectivity index (χ4v) is 4.66. The second-order valence-corrected chi connectivity index (χ2v) is 8.10. The molecule has 0 unspecified atom stereocenters. The van der Waals surface area contributed by atoms with Gasteiger partial charge in [0.15, 0.2) is 6.20 Å². The third-order valence-electron chi connectivity index (χ3n) is 6.18. The Morgan fingerprint density at radius 3 is 2.53 bits per heavy atom. The van der Waals surface area contributed by atoms with Crippen molar-refractivity contribution < 1.29 is 4.57 Å². The molecule has 1 aliphatic rings. The fourth-order valence-electron chi connectivity index (χ4n) is 4.66. The number of imidazole rings is 1. The van der Waals surface area contributed by atoms with Gasteiger partial charge in [-0.1, -0.05) is 48.5 Å². The summed E-state index contributed by atoms with van der Waals surface area (Å²) in [6, 6.07) is 28.1. The zero-order valence-electron chi connectivity index (χ0n) is 17.1. The number of hydrogen-bond acceptors (Lipinski definition) is 1. The molecule has 6 rings (SSSR count). The molecular weight excluding hydrogens is 366 g/mol. The van der Waals surface area contributed by atoms with Gasteiger partial charge in [-0.2, -0.15) is 0 Å². The van der Waals surface area contributed by atoms with Crippen molar-refractivity contribution in [2.24, 2.45) is 7.05 Å². The number of benzene rings is 3. The molecule has 144 valence electrons. The molecule has 0 radical (unpaired) electrons. The SMILES string of the molecule is Cc1cc2c(cc1-c1cc(-c3ccccc3)cc[n+]1C)-n1c(nc3ccccc31)C2. The number of para-hydroxylation sites is 2. The first-order valence-electron chi connectivity index (χ1n) is 10.3. The van der Waals surface area contributed by atoms with Crippen LogP contribution in [0.1, 0.15) is 17.0 Å². The van der Waals surface area contributed by atoms with Gasteiger partial charge in [-0.25, -0.2) is 9.55 Å². The second kappa shape index (κ2) is 6.39. The normalized spacial score (nSPS) is 12.2. The van der Waals surface area contributed by atoms with Crippen LogP contribution >= 0.6 is 0 Å². The van der Waals surface area contributed by atoms with Crippen molar-refractivity contribution in [3.63, 3.8) is 0 Å². The molecule has 2 aromatic heterocycles. The van der Waals surface area contributed by atoms with Crippen LogP contribution in [0.2, 0.25) is 0 Å². The van der Waals surface area contributed by atoms with E-state index in [0.717, 1.165) is 17.8 Å². The lowest BCUT2D eigenvalue weighted by Crippen LogP contribution is -2.30. The van der Waals surface area contributed by atoms with Crippen molar-refractivity contribution in [2.45, 2.75) is 13.3 Å². The molecule has 0 aliphatic carbocycles. The Morgan fingerprint density at radius 1 is 0.867 bits per heavy atom. The minimum atomic E-state index is 0.890. The van der Waals surface area contributed by atoms with E-state index in [0.29, 0.717) is 0 Å². The van der Waals surface area contributed by atoms with Crippen LogP contribution in [0.25, 0.3) is 39.1 Å². The fraction of sp³-hybridized carbons (Fsp3) is 0.111. The van der Waals surface area contributed by atoms with Crippen LogP contribution in [0.4, 0.5) is 0 Å². The molecule has 30 heavy (non-hydrogen) atoms. The minimum Gasteiger partial charge on any atom is -0.296 e. The average Bonchev–Trinajstić information content (AvgIpc) is 3.29. The molecule has 3 aromatic carbocycles. The van der Waals surface area contributed by atoms with Crippen molar-refractivity contribution in [2.75, 3.05) is 0 Å². The highest BCUT2D eigenvalue weighted by Gasteiger charge is 2.25. The molecule has 0 fully saturated rings. The molecule has 0 spiro atoms. The summed E-state index contributed by atoms with van der Waals surface area (Å²) >= 11 is 0. The Kier molecular flexibility index (Phi) is 3.66. The van der Waals surface area contributed by atoms with Gasteiger partial charge in [0, 0.05) is 18.6 Å². The average molecular weight is 388 g/mol. The van der Waals surface area contributed by atoms with E-state index in [1.54, 1.807) is 0 Å². The van der Waals surface area contributed by atoms with E-state index in [1.807, 2.05) is 0 Å². The number of nitrogens with zero attached hydrogens (tertiary/aromatic N) is 3. The van der Waals surface area contributed by atoms with E-state index in [1.165, 1.54) is 44.7 Å². The van der Waals surface area contributed by atoms with E-state index in [-0.39, 0.29) is 0 Å². The molecule has 0 amide bonds. The Bertz CT molecular complexity index is 1430. The predicted molar refractivity (Wildman–Crippen MR) is 121 cm³/mol. The number of aromatic nitrogens is 3. The zero-order chi connectivity index (χ0) is 20.2. The van der Waals surface area contributed by atoms with Crippen LogP contribution in [0.3, 0.4) is 0 Å². The van der Waals surface area contributed by atoms with Gasteiger partial charge in [-0.05, 0) is 47.4 Å². The van der Waals surface area contributed by atoms with Gasteiger partial charge in [0.25, 0.3) is 0 Å². The molecule has 3 heterocycles. The molecule has 0 bridgehead atoms. The van der Waals surface area contributed by atoms with Crippen LogP contribution < -0.4 is 4.57 Å². The second-order valence-electron chi connectivity index (χ2n) is 8.10. The van der Waals surface area contributed by atoms with Gasteiger partial charge in [0.1, 0.15) is 12.9 Å². The largest absolute Gasteiger partial charge is 0.296 e. The summed E-state index contributed by atoms with van der Waals surface area (Å²) in [6.45, 7) is 2.21. The van der Waals surface area contributed by atoms with Crippen molar-refractivity contribution in [3.05, 3.63) is 102 Å². The van der Waals surface area contributed by atoms with Crippen LogP contribution in [-0.4, -0.2) is 9.55 Å². The summed E-state index contributed by atoms with van der Waals surface area (Å²) in [7, 11) is 2.12. The summed E-state index contributed by atoms with van der Waals surface area (Å²) in [4.78, 5) is 4.87. The topological polar surface area (TPSA) is 21.7 Å². The van der Waals surface area contributed by atoms with E-state index >= 15 is 0 Å². The number of pyridine rings is 1. The highest BCUT2D eigenvalue weighted by atomic mass is 15.1. The summed E-state index contributed by atoms with van der Waals surface area (Å²) in [6.07, 6.45) is 3.05. The van der Waals surface area contributed by atoms with Gasteiger partial charge < -0.3 is 0 Å². The monoisotopic (exact) mass is 388 g/mol. The summed E-state index contributed by atoms with van der Waals surface area (Å²) in [5.41, 5.74) is 11.1. The molecule has 0 saturated heterocycles. The van der Waals surface area contributed by atoms with E-state index in [2.05, 4.69) is 108 Å². The zero-order valence-corrected chi connectivity index (χ0v) is 17.1. The Hall–Kier alpha value is -3.72. The smallest absolute Gasteiger partial charge is 0.213 e. The molecule has 0 atom stereocenters. The molecule has 1 aliphatic heterocycles. The molecule has 0 saturated carbocycles. The van der Waals surface area contributed by atoms with Gasteiger partial charge in [-0.15, -0.1) is 0 Å². The van der Waals surface area contributed by atoms with Crippen LogP contribution in [0.5, 0.6) is 0 Å². The molecule has 3 nitrogen and oxygen atoms in total. The first-order valence-corrected chi connectivity index (χ1v) is 10.3. The maximum absolute atomic E-state index is 4.87. The van der Waals surface area contributed by atoms with Gasteiger partial charge in [0.2, 0.25) is 5.69 Å². The molecule has 5 aromatic rings. The van der Waals surface area contributed by atoms with Crippen LogP contribution in [0, 0.1) is 6.92 Å². The highest BCUT2D eigenvalue weighted by molar-refractivity contribution is 5.81. The third-order valence-corrected chi connectivity index (χ3v) is 6.18. The molecule has 3 heteroatoms. The van der Waals surface area contributed by atoms with Gasteiger partial charge in [0.05, 0.1) is 22.3 Å². The van der Waals surface area contributed by atoms with Crippen LogP contribution in [-0.2, 0) is 13.5 Å². The Morgan fingerprint density at radius 2 is 1.67 bits per heavy atom.